The van der Waals surface area contributed by atoms with E-state index in [4.69, 9.17) is 20.8 Å². The fraction of sp³-hybridized carbons (Fsp3) is 0.316. The molecule has 28 heavy (non-hydrogen) atoms. The number of nitrogens with one attached hydrogen (secondary N) is 2. The molecular formula is C19H20ClFN2O5. The summed E-state index contributed by atoms with van der Waals surface area (Å²) in [5, 5.41) is 4.99. The summed E-state index contributed by atoms with van der Waals surface area (Å²) >= 11 is 5.86. The van der Waals surface area contributed by atoms with E-state index in [1.807, 2.05) is 0 Å². The highest BCUT2D eigenvalue weighted by atomic mass is 35.5. The van der Waals surface area contributed by atoms with Gasteiger partial charge in [0.25, 0.3) is 11.8 Å². The maximum absolute atomic E-state index is 13.1. The number of hydrogen-bond donors (Lipinski definition) is 2. The van der Waals surface area contributed by atoms with E-state index in [9.17, 15) is 18.8 Å². The lowest BCUT2D eigenvalue weighted by Gasteiger charge is -2.22. The average molecular weight is 411 g/mol. The summed E-state index contributed by atoms with van der Waals surface area (Å²) in [5.41, 5.74) is 0.183. The van der Waals surface area contributed by atoms with Crippen LogP contribution in [-0.2, 0) is 14.3 Å². The Kier molecular flexibility index (Phi) is 7.17. The number of ether oxygens (including phenoxy) is 1. The van der Waals surface area contributed by atoms with Crippen molar-refractivity contribution in [1.29, 1.82) is 0 Å². The monoisotopic (exact) mass is 410 g/mol. The van der Waals surface area contributed by atoms with Gasteiger partial charge in [0.1, 0.15) is 11.9 Å². The smallest absolute Gasteiger partial charge is 0.329 e. The van der Waals surface area contributed by atoms with Gasteiger partial charge in [0.2, 0.25) is 0 Å². The molecule has 0 aliphatic heterocycles. The van der Waals surface area contributed by atoms with Crippen molar-refractivity contribution in [3.8, 4) is 0 Å². The molecule has 0 saturated carbocycles. The van der Waals surface area contributed by atoms with Crippen LogP contribution in [0.3, 0.4) is 0 Å². The Morgan fingerprint density at radius 1 is 1.18 bits per heavy atom. The summed E-state index contributed by atoms with van der Waals surface area (Å²) in [6.45, 7) is 4.81. The highest BCUT2D eigenvalue weighted by molar-refractivity contribution is 6.33. The lowest BCUT2D eigenvalue weighted by atomic mass is 10.0. The SMILES string of the molecule is CC(C)[C@H](NC(=O)c1ccco1)C(=O)O[C@@H](C)C(=O)Nc1ccc(F)cc1Cl. The molecule has 1 aromatic carbocycles. The highest BCUT2D eigenvalue weighted by Gasteiger charge is 2.30. The maximum atomic E-state index is 13.1. The molecule has 1 heterocycles. The van der Waals surface area contributed by atoms with E-state index in [2.05, 4.69) is 10.6 Å². The Morgan fingerprint density at radius 3 is 2.46 bits per heavy atom. The van der Waals surface area contributed by atoms with Gasteiger partial charge in [-0.25, -0.2) is 9.18 Å². The molecule has 0 aliphatic rings. The molecule has 0 saturated heterocycles. The summed E-state index contributed by atoms with van der Waals surface area (Å²) in [5.74, 6) is -2.79. The second-order valence-electron chi connectivity index (χ2n) is 6.36. The van der Waals surface area contributed by atoms with Gasteiger partial charge in [-0.1, -0.05) is 25.4 Å². The minimum atomic E-state index is -1.17. The number of amides is 2. The van der Waals surface area contributed by atoms with E-state index >= 15 is 0 Å². The molecular weight excluding hydrogens is 391 g/mol. The van der Waals surface area contributed by atoms with Crippen molar-refractivity contribution < 1.29 is 27.9 Å². The summed E-state index contributed by atoms with van der Waals surface area (Å²) in [7, 11) is 0. The van der Waals surface area contributed by atoms with Gasteiger partial charge in [0.15, 0.2) is 11.9 Å². The van der Waals surface area contributed by atoms with Gasteiger partial charge in [-0.05, 0) is 43.2 Å². The van der Waals surface area contributed by atoms with Gasteiger partial charge in [-0.15, -0.1) is 0 Å². The zero-order valence-electron chi connectivity index (χ0n) is 15.5. The predicted octanol–water partition coefficient (Wildman–Crippen LogP) is 3.40. The number of benzene rings is 1. The minimum absolute atomic E-state index is 0.0117. The molecule has 2 N–H and O–H groups in total. The number of anilines is 1. The van der Waals surface area contributed by atoms with E-state index in [-0.39, 0.29) is 22.4 Å². The third-order valence-electron chi connectivity index (χ3n) is 3.80. The number of carbonyl (C=O) groups excluding carboxylic acids is 3. The summed E-state index contributed by atoms with van der Waals surface area (Å²) < 4.78 is 23.2. The molecule has 2 atom stereocenters. The van der Waals surface area contributed by atoms with Crippen LogP contribution in [0, 0.1) is 11.7 Å². The van der Waals surface area contributed by atoms with Gasteiger partial charge in [0, 0.05) is 0 Å². The van der Waals surface area contributed by atoms with Gasteiger partial charge in [-0.3, -0.25) is 9.59 Å². The summed E-state index contributed by atoms with van der Waals surface area (Å²) in [6, 6.07) is 5.50. The van der Waals surface area contributed by atoms with Crippen LogP contribution in [-0.4, -0.2) is 29.9 Å². The molecule has 0 spiro atoms. The standard InChI is InChI=1S/C19H20ClFN2O5/c1-10(2)16(23-18(25)15-5-4-8-27-15)19(26)28-11(3)17(24)22-14-7-6-12(21)9-13(14)20/h4-11,16H,1-3H3,(H,22,24)(H,23,25)/t11-,16-/m0/s1. The fourth-order valence-corrected chi connectivity index (χ4v) is 2.46. The lowest BCUT2D eigenvalue weighted by molar-refractivity contribution is -0.156. The number of carbonyl (C=O) groups is 3. The van der Waals surface area contributed by atoms with Crippen LogP contribution >= 0.6 is 11.6 Å². The molecule has 1 aromatic heterocycles. The van der Waals surface area contributed by atoms with Crippen molar-refractivity contribution in [2.75, 3.05) is 5.32 Å². The van der Waals surface area contributed by atoms with E-state index in [0.29, 0.717) is 0 Å². The Labute approximate surface area is 166 Å². The zero-order valence-corrected chi connectivity index (χ0v) is 16.2. The van der Waals surface area contributed by atoms with Crippen molar-refractivity contribution in [2.45, 2.75) is 32.9 Å². The Morgan fingerprint density at radius 2 is 1.89 bits per heavy atom. The van der Waals surface area contributed by atoms with Gasteiger partial charge >= 0.3 is 5.97 Å². The zero-order chi connectivity index (χ0) is 20.8. The van der Waals surface area contributed by atoms with Crippen LogP contribution in [0.25, 0.3) is 0 Å². The average Bonchev–Trinajstić information content (AvgIpc) is 3.16. The molecule has 0 bridgehead atoms. The molecule has 7 nitrogen and oxygen atoms in total. The summed E-state index contributed by atoms with van der Waals surface area (Å²) in [4.78, 5) is 36.8. The first-order valence-corrected chi connectivity index (χ1v) is 8.87. The molecule has 2 amide bonds. The molecule has 0 fully saturated rings. The Bertz CT molecular complexity index is 854. The number of esters is 1. The highest BCUT2D eigenvalue weighted by Crippen LogP contribution is 2.22. The minimum Gasteiger partial charge on any atom is -0.459 e. The van der Waals surface area contributed by atoms with Crippen molar-refractivity contribution in [2.24, 2.45) is 5.92 Å². The Hall–Kier alpha value is -2.87. The van der Waals surface area contributed by atoms with Crippen molar-refractivity contribution in [3.63, 3.8) is 0 Å². The molecule has 9 heteroatoms. The first-order chi connectivity index (χ1) is 13.2. The van der Waals surface area contributed by atoms with E-state index < -0.39 is 35.7 Å². The maximum Gasteiger partial charge on any atom is 0.329 e. The van der Waals surface area contributed by atoms with Crippen molar-refractivity contribution in [1.82, 2.24) is 5.32 Å². The first kappa shape index (κ1) is 21.4. The molecule has 0 unspecified atom stereocenters. The fourth-order valence-electron chi connectivity index (χ4n) is 2.24. The van der Waals surface area contributed by atoms with E-state index in [0.717, 1.165) is 12.1 Å². The first-order valence-electron chi connectivity index (χ1n) is 8.49. The molecule has 2 aromatic rings. The van der Waals surface area contributed by atoms with Crippen LogP contribution < -0.4 is 10.6 Å². The number of furan rings is 1. The van der Waals surface area contributed by atoms with E-state index in [1.54, 1.807) is 19.9 Å². The largest absolute Gasteiger partial charge is 0.459 e. The number of halogens is 2. The molecule has 2 rings (SSSR count). The van der Waals surface area contributed by atoms with Gasteiger partial charge in [0.05, 0.1) is 17.0 Å². The molecule has 0 aliphatic carbocycles. The van der Waals surface area contributed by atoms with Crippen LogP contribution in [0.2, 0.25) is 5.02 Å². The van der Waals surface area contributed by atoms with Gasteiger partial charge < -0.3 is 19.8 Å². The second kappa shape index (κ2) is 9.36. The molecule has 150 valence electrons. The third-order valence-corrected chi connectivity index (χ3v) is 4.12. The normalized spacial score (nSPS) is 12.9. The Balaban J connectivity index is 1.99. The van der Waals surface area contributed by atoms with Crippen molar-refractivity contribution in [3.05, 3.63) is 53.2 Å². The third kappa shape index (κ3) is 5.56. The van der Waals surface area contributed by atoms with Crippen LogP contribution in [0.4, 0.5) is 10.1 Å². The van der Waals surface area contributed by atoms with Crippen LogP contribution in [0.5, 0.6) is 0 Å². The van der Waals surface area contributed by atoms with Gasteiger partial charge in [-0.2, -0.15) is 0 Å². The lowest BCUT2D eigenvalue weighted by Crippen LogP contribution is -2.47. The second-order valence-corrected chi connectivity index (χ2v) is 6.77. The van der Waals surface area contributed by atoms with Crippen LogP contribution in [0.1, 0.15) is 31.3 Å². The predicted molar refractivity (Wildman–Crippen MR) is 100 cm³/mol. The van der Waals surface area contributed by atoms with Crippen molar-refractivity contribution >= 4 is 35.1 Å². The van der Waals surface area contributed by atoms with E-state index in [1.165, 1.54) is 25.3 Å². The molecule has 0 radical (unpaired) electrons. The number of rotatable bonds is 7. The summed E-state index contributed by atoms with van der Waals surface area (Å²) in [6.07, 6.45) is 0.167. The quantitative estimate of drug-likeness (QED) is 0.682. The topological polar surface area (TPSA) is 97.6 Å². The van der Waals surface area contributed by atoms with Crippen LogP contribution in [0.15, 0.2) is 41.0 Å². The number of hydrogen-bond acceptors (Lipinski definition) is 5.